The van der Waals surface area contributed by atoms with Crippen molar-refractivity contribution in [3.63, 3.8) is 0 Å². The molecule has 0 aliphatic heterocycles. The Labute approximate surface area is 171 Å². The second kappa shape index (κ2) is 11.3. The van der Waals surface area contributed by atoms with Crippen molar-refractivity contribution >= 4 is 23.4 Å². The van der Waals surface area contributed by atoms with Gasteiger partial charge >= 0.3 is 0 Å². The highest BCUT2D eigenvalue weighted by Crippen LogP contribution is 2.20. The van der Waals surface area contributed by atoms with E-state index in [4.69, 9.17) is 16.3 Å². The van der Waals surface area contributed by atoms with E-state index >= 15 is 0 Å². The van der Waals surface area contributed by atoms with Crippen LogP contribution in [0.5, 0.6) is 5.75 Å². The van der Waals surface area contributed by atoms with Gasteiger partial charge in [0.15, 0.2) is 6.61 Å². The van der Waals surface area contributed by atoms with Crippen LogP contribution in [-0.4, -0.2) is 35.9 Å². The Hall–Kier alpha value is -2.53. The molecule has 2 amide bonds. The summed E-state index contributed by atoms with van der Waals surface area (Å²) in [5, 5.41) is 3.45. The minimum atomic E-state index is -0.588. The average Bonchev–Trinajstić information content (AvgIpc) is 2.72. The molecule has 2 aromatic carbocycles. The second-order valence-electron chi connectivity index (χ2n) is 6.43. The van der Waals surface area contributed by atoms with Gasteiger partial charge in [-0.2, -0.15) is 0 Å². The van der Waals surface area contributed by atoms with Gasteiger partial charge in [0.1, 0.15) is 11.8 Å². The highest BCUT2D eigenvalue weighted by atomic mass is 35.5. The van der Waals surface area contributed by atoms with Crippen molar-refractivity contribution < 1.29 is 14.3 Å². The summed E-state index contributed by atoms with van der Waals surface area (Å²) >= 11 is 6.29. The Morgan fingerprint density at radius 3 is 2.39 bits per heavy atom. The summed E-state index contributed by atoms with van der Waals surface area (Å²) in [6.45, 7) is 4.55. The van der Waals surface area contributed by atoms with Gasteiger partial charge in [0, 0.05) is 18.1 Å². The van der Waals surface area contributed by atoms with Crippen LogP contribution in [0.1, 0.15) is 32.3 Å². The first kappa shape index (κ1) is 21.8. The predicted octanol–water partition coefficient (Wildman–Crippen LogP) is 4.05. The number of hydrogen-bond acceptors (Lipinski definition) is 3. The van der Waals surface area contributed by atoms with E-state index < -0.39 is 6.04 Å². The molecule has 0 aromatic heterocycles. The number of para-hydroxylation sites is 1. The number of hydrogen-bond donors (Lipinski definition) is 1. The minimum absolute atomic E-state index is 0.147. The van der Waals surface area contributed by atoms with Gasteiger partial charge in [-0.25, -0.2) is 0 Å². The summed E-state index contributed by atoms with van der Waals surface area (Å²) in [4.78, 5) is 27.2. The highest BCUT2D eigenvalue weighted by molar-refractivity contribution is 6.31. The normalized spacial score (nSPS) is 11.5. The molecular formula is C22H27ClN2O3. The average molecular weight is 403 g/mol. The van der Waals surface area contributed by atoms with Crippen molar-refractivity contribution in [3.05, 3.63) is 65.2 Å². The zero-order valence-corrected chi connectivity index (χ0v) is 17.1. The van der Waals surface area contributed by atoms with E-state index in [9.17, 15) is 9.59 Å². The van der Waals surface area contributed by atoms with Gasteiger partial charge in [-0.1, -0.05) is 61.8 Å². The molecule has 1 N–H and O–H groups in total. The monoisotopic (exact) mass is 402 g/mol. The Morgan fingerprint density at radius 2 is 1.75 bits per heavy atom. The van der Waals surface area contributed by atoms with Gasteiger partial charge in [0.25, 0.3) is 5.91 Å². The summed E-state index contributed by atoms with van der Waals surface area (Å²) in [6, 6.07) is 15.9. The number of nitrogens with one attached hydrogen (secondary N) is 1. The van der Waals surface area contributed by atoms with E-state index in [0.29, 0.717) is 23.7 Å². The first-order valence-electron chi connectivity index (χ1n) is 9.55. The van der Waals surface area contributed by atoms with Crippen molar-refractivity contribution in [2.24, 2.45) is 0 Å². The van der Waals surface area contributed by atoms with Crippen LogP contribution in [0.15, 0.2) is 54.6 Å². The maximum atomic E-state index is 13.0. The number of ether oxygens (including phenoxy) is 1. The third-order valence-corrected chi connectivity index (χ3v) is 4.71. The molecule has 0 heterocycles. The largest absolute Gasteiger partial charge is 0.484 e. The van der Waals surface area contributed by atoms with Crippen molar-refractivity contribution in [1.82, 2.24) is 10.2 Å². The molecule has 0 spiro atoms. The van der Waals surface area contributed by atoms with Crippen LogP contribution >= 0.6 is 11.6 Å². The van der Waals surface area contributed by atoms with Crippen LogP contribution in [0.25, 0.3) is 0 Å². The van der Waals surface area contributed by atoms with Crippen LogP contribution in [0.4, 0.5) is 0 Å². The van der Waals surface area contributed by atoms with Gasteiger partial charge < -0.3 is 15.0 Å². The second-order valence-corrected chi connectivity index (χ2v) is 6.84. The molecule has 0 aliphatic carbocycles. The molecule has 150 valence electrons. The molecule has 0 fully saturated rings. The van der Waals surface area contributed by atoms with E-state index in [-0.39, 0.29) is 25.0 Å². The summed E-state index contributed by atoms with van der Waals surface area (Å²) in [5.41, 5.74) is 0.791. The highest BCUT2D eigenvalue weighted by Gasteiger charge is 2.29. The molecule has 0 saturated carbocycles. The lowest BCUT2D eigenvalue weighted by molar-refractivity contribution is -0.143. The van der Waals surface area contributed by atoms with Gasteiger partial charge in [-0.3, -0.25) is 9.59 Å². The first-order valence-corrected chi connectivity index (χ1v) is 9.93. The number of carbonyl (C=O) groups is 2. The number of benzene rings is 2. The molecule has 5 nitrogen and oxygen atoms in total. The Bertz CT molecular complexity index is 767. The molecular weight excluding hydrogens is 376 g/mol. The van der Waals surface area contributed by atoms with Crippen molar-refractivity contribution in [2.75, 3.05) is 13.2 Å². The lowest BCUT2D eigenvalue weighted by atomic mass is 10.1. The quantitative estimate of drug-likeness (QED) is 0.652. The van der Waals surface area contributed by atoms with Crippen LogP contribution in [0.2, 0.25) is 5.02 Å². The molecule has 2 aromatic rings. The SMILES string of the molecule is CCCNC(=O)[C@@H](CC)N(Cc1ccccc1Cl)C(=O)COc1ccccc1. The summed E-state index contributed by atoms with van der Waals surface area (Å²) < 4.78 is 5.62. The Balaban J connectivity index is 2.19. The fraction of sp³-hybridized carbons (Fsp3) is 0.364. The maximum Gasteiger partial charge on any atom is 0.261 e. The molecule has 0 aliphatic rings. The summed E-state index contributed by atoms with van der Waals surface area (Å²) in [7, 11) is 0. The van der Waals surface area contributed by atoms with Crippen molar-refractivity contribution in [2.45, 2.75) is 39.3 Å². The van der Waals surface area contributed by atoms with Gasteiger partial charge in [0.05, 0.1) is 0 Å². The Morgan fingerprint density at radius 1 is 1.07 bits per heavy atom. The molecule has 1 atom stereocenters. The third kappa shape index (κ3) is 6.27. The molecule has 2 rings (SSSR count). The van der Waals surface area contributed by atoms with E-state index in [1.807, 2.05) is 50.2 Å². The number of halogens is 1. The minimum Gasteiger partial charge on any atom is -0.484 e. The van der Waals surface area contributed by atoms with Crippen LogP contribution in [0, 0.1) is 0 Å². The topological polar surface area (TPSA) is 58.6 Å². The zero-order valence-electron chi connectivity index (χ0n) is 16.4. The standard InChI is InChI=1S/C22H27ClN2O3/c1-3-14-24-22(27)20(4-2)25(15-17-10-8-9-13-19(17)23)21(26)16-28-18-11-6-5-7-12-18/h5-13,20H,3-4,14-16H2,1-2H3,(H,24,27)/t20-/m1/s1. The Kier molecular flexibility index (Phi) is 8.82. The van der Waals surface area contributed by atoms with Crippen LogP contribution < -0.4 is 10.1 Å². The van der Waals surface area contributed by atoms with Crippen LogP contribution in [-0.2, 0) is 16.1 Å². The van der Waals surface area contributed by atoms with E-state index in [1.54, 1.807) is 23.1 Å². The lowest BCUT2D eigenvalue weighted by Gasteiger charge is -2.30. The van der Waals surface area contributed by atoms with E-state index in [0.717, 1.165) is 12.0 Å². The molecule has 28 heavy (non-hydrogen) atoms. The maximum absolute atomic E-state index is 13.0. The number of nitrogens with zero attached hydrogens (tertiary/aromatic N) is 1. The summed E-state index contributed by atoms with van der Waals surface area (Å²) in [5.74, 6) is 0.184. The van der Waals surface area contributed by atoms with E-state index in [1.165, 1.54) is 0 Å². The lowest BCUT2D eigenvalue weighted by Crippen LogP contribution is -2.50. The van der Waals surface area contributed by atoms with Gasteiger partial charge in [-0.15, -0.1) is 0 Å². The molecule has 6 heteroatoms. The molecule has 0 unspecified atom stereocenters. The number of carbonyl (C=O) groups excluding carboxylic acids is 2. The fourth-order valence-electron chi connectivity index (χ4n) is 2.84. The predicted molar refractivity (Wildman–Crippen MR) is 111 cm³/mol. The molecule has 0 saturated heterocycles. The fourth-order valence-corrected chi connectivity index (χ4v) is 3.04. The van der Waals surface area contributed by atoms with Crippen molar-refractivity contribution in [3.8, 4) is 5.75 Å². The molecule has 0 radical (unpaired) electrons. The third-order valence-electron chi connectivity index (χ3n) is 4.34. The smallest absolute Gasteiger partial charge is 0.261 e. The van der Waals surface area contributed by atoms with Gasteiger partial charge in [0.2, 0.25) is 5.91 Å². The first-order chi connectivity index (χ1) is 13.6. The zero-order chi connectivity index (χ0) is 20.4. The van der Waals surface area contributed by atoms with Crippen molar-refractivity contribution in [1.29, 1.82) is 0 Å². The summed E-state index contributed by atoms with van der Waals surface area (Å²) in [6.07, 6.45) is 1.33. The molecule has 0 bridgehead atoms. The van der Waals surface area contributed by atoms with E-state index in [2.05, 4.69) is 5.32 Å². The number of rotatable bonds is 10. The van der Waals surface area contributed by atoms with Gasteiger partial charge in [-0.05, 0) is 36.6 Å². The number of amides is 2. The van der Waals surface area contributed by atoms with Crippen LogP contribution in [0.3, 0.4) is 0 Å².